The van der Waals surface area contributed by atoms with Gasteiger partial charge in [0.25, 0.3) is 0 Å². The van der Waals surface area contributed by atoms with Crippen LogP contribution >= 0.6 is 0 Å². The van der Waals surface area contributed by atoms with E-state index in [4.69, 9.17) is 4.74 Å². The van der Waals surface area contributed by atoms with Crippen molar-refractivity contribution in [2.75, 3.05) is 13.1 Å². The van der Waals surface area contributed by atoms with Gasteiger partial charge in [0.2, 0.25) is 0 Å². The van der Waals surface area contributed by atoms with Crippen LogP contribution in [0.25, 0.3) is 0 Å². The lowest BCUT2D eigenvalue weighted by Crippen LogP contribution is -2.48. The van der Waals surface area contributed by atoms with Gasteiger partial charge in [0, 0.05) is 13.1 Å². The number of rotatable bonds is 2. The summed E-state index contributed by atoms with van der Waals surface area (Å²) in [7, 11) is 0. The number of hydrogen-bond acceptors (Lipinski definition) is 3. The average Bonchev–Trinajstić information content (AvgIpc) is 1.96. The van der Waals surface area contributed by atoms with Crippen molar-refractivity contribution in [1.29, 1.82) is 0 Å². The molecule has 2 atom stereocenters. The molecule has 15 heavy (non-hydrogen) atoms. The van der Waals surface area contributed by atoms with Gasteiger partial charge < -0.3 is 10.1 Å². The van der Waals surface area contributed by atoms with Crippen molar-refractivity contribution in [1.82, 2.24) is 5.32 Å². The Morgan fingerprint density at radius 3 is 2.20 bits per heavy atom. The Balaban J connectivity index is 1.80. The molecule has 0 amide bonds. The minimum Gasteiger partial charge on any atom is -0.462 e. The summed E-state index contributed by atoms with van der Waals surface area (Å²) in [5, 5.41) is 3.10. The summed E-state index contributed by atoms with van der Waals surface area (Å²) in [6.45, 7) is 6.11. The average molecular weight is 211 g/mol. The van der Waals surface area contributed by atoms with Crippen molar-refractivity contribution in [3.8, 4) is 0 Å². The topological polar surface area (TPSA) is 38.3 Å². The van der Waals surface area contributed by atoms with E-state index in [9.17, 15) is 4.79 Å². The summed E-state index contributed by atoms with van der Waals surface area (Å²) < 4.78 is 5.56. The second kappa shape index (κ2) is 4.52. The predicted octanol–water partition coefficient (Wildman–Crippen LogP) is 1.57. The van der Waals surface area contributed by atoms with Crippen LogP contribution in [-0.4, -0.2) is 25.2 Å². The molecule has 86 valence electrons. The molecule has 3 heteroatoms. The standard InChI is InChI=1S/C12H21NO2/c1-8-3-9(2)5-11(4-8)15-12(14)10-6-13-7-10/h8-11,13H,3-7H2,1-2H3. The molecule has 1 aliphatic carbocycles. The molecule has 2 rings (SSSR count). The smallest absolute Gasteiger partial charge is 0.311 e. The molecule has 0 spiro atoms. The maximum atomic E-state index is 11.6. The summed E-state index contributed by atoms with van der Waals surface area (Å²) in [6, 6.07) is 0. The lowest BCUT2D eigenvalue weighted by atomic mass is 9.81. The molecule has 0 aromatic heterocycles. The molecule has 0 bridgehead atoms. The van der Waals surface area contributed by atoms with Crippen molar-refractivity contribution in [2.45, 2.75) is 39.2 Å². The molecule has 2 aliphatic rings. The van der Waals surface area contributed by atoms with Crippen LogP contribution < -0.4 is 5.32 Å². The Labute approximate surface area is 91.6 Å². The number of carbonyl (C=O) groups excluding carboxylic acids is 1. The number of hydrogen-bond donors (Lipinski definition) is 1. The normalized spacial score (nSPS) is 37.1. The molecule has 2 unspecified atom stereocenters. The lowest BCUT2D eigenvalue weighted by Gasteiger charge is -2.33. The van der Waals surface area contributed by atoms with Gasteiger partial charge in [0.1, 0.15) is 6.10 Å². The summed E-state index contributed by atoms with van der Waals surface area (Å²) in [6.07, 6.45) is 3.56. The SMILES string of the molecule is CC1CC(C)CC(OC(=O)C2CNC2)C1. The maximum absolute atomic E-state index is 11.6. The van der Waals surface area contributed by atoms with Gasteiger partial charge in [0.15, 0.2) is 0 Å². The van der Waals surface area contributed by atoms with Crippen LogP contribution in [0.15, 0.2) is 0 Å². The first-order valence-corrected chi connectivity index (χ1v) is 6.06. The number of esters is 1. The first-order valence-electron chi connectivity index (χ1n) is 6.06. The number of carbonyl (C=O) groups is 1. The molecular formula is C12H21NO2. The van der Waals surface area contributed by atoms with Gasteiger partial charge in [-0.3, -0.25) is 4.79 Å². The van der Waals surface area contributed by atoms with Crippen LogP contribution in [0.4, 0.5) is 0 Å². The Kier molecular flexibility index (Phi) is 3.29. The van der Waals surface area contributed by atoms with E-state index in [1.165, 1.54) is 6.42 Å². The van der Waals surface area contributed by atoms with Gasteiger partial charge >= 0.3 is 5.97 Å². The van der Waals surface area contributed by atoms with E-state index in [0.717, 1.165) is 25.9 Å². The molecule has 2 fully saturated rings. The van der Waals surface area contributed by atoms with E-state index < -0.39 is 0 Å². The lowest BCUT2D eigenvalue weighted by molar-refractivity contribution is -0.158. The van der Waals surface area contributed by atoms with Crippen LogP contribution in [0.5, 0.6) is 0 Å². The van der Waals surface area contributed by atoms with Gasteiger partial charge in [-0.1, -0.05) is 13.8 Å². The molecule has 1 saturated heterocycles. The Morgan fingerprint density at radius 1 is 1.13 bits per heavy atom. The second-order valence-electron chi connectivity index (χ2n) is 5.33. The first kappa shape index (κ1) is 10.9. The van der Waals surface area contributed by atoms with Crippen molar-refractivity contribution < 1.29 is 9.53 Å². The Bertz CT molecular complexity index is 228. The Morgan fingerprint density at radius 2 is 1.73 bits per heavy atom. The molecule has 1 heterocycles. The van der Waals surface area contributed by atoms with E-state index in [-0.39, 0.29) is 18.0 Å². The predicted molar refractivity (Wildman–Crippen MR) is 58.4 cm³/mol. The van der Waals surface area contributed by atoms with Crippen molar-refractivity contribution >= 4 is 5.97 Å². The molecular weight excluding hydrogens is 190 g/mol. The van der Waals surface area contributed by atoms with E-state index in [2.05, 4.69) is 19.2 Å². The van der Waals surface area contributed by atoms with Gasteiger partial charge in [-0.25, -0.2) is 0 Å². The third-order valence-corrected chi connectivity index (χ3v) is 3.53. The van der Waals surface area contributed by atoms with Crippen molar-refractivity contribution in [3.63, 3.8) is 0 Å². The van der Waals surface area contributed by atoms with E-state index >= 15 is 0 Å². The summed E-state index contributed by atoms with van der Waals surface area (Å²) in [5.41, 5.74) is 0. The molecule has 1 N–H and O–H groups in total. The fourth-order valence-electron chi connectivity index (χ4n) is 2.69. The van der Waals surface area contributed by atoms with Crippen LogP contribution in [-0.2, 0) is 9.53 Å². The Hall–Kier alpha value is -0.570. The summed E-state index contributed by atoms with van der Waals surface area (Å²) >= 11 is 0. The highest BCUT2D eigenvalue weighted by molar-refractivity contribution is 5.74. The maximum Gasteiger partial charge on any atom is 0.311 e. The van der Waals surface area contributed by atoms with Crippen molar-refractivity contribution in [3.05, 3.63) is 0 Å². The highest BCUT2D eigenvalue weighted by Crippen LogP contribution is 2.30. The van der Waals surface area contributed by atoms with E-state index in [1.807, 2.05) is 0 Å². The molecule has 1 aliphatic heterocycles. The van der Waals surface area contributed by atoms with Crippen LogP contribution in [0.2, 0.25) is 0 Å². The highest BCUT2D eigenvalue weighted by Gasteiger charge is 2.31. The minimum atomic E-state index is 0.0139. The molecule has 0 radical (unpaired) electrons. The van der Waals surface area contributed by atoms with Crippen LogP contribution in [0, 0.1) is 17.8 Å². The fraction of sp³-hybridized carbons (Fsp3) is 0.917. The molecule has 0 aromatic rings. The molecule has 0 aromatic carbocycles. The first-order chi connectivity index (χ1) is 7.15. The number of nitrogens with one attached hydrogen (secondary N) is 1. The van der Waals surface area contributed by atoms with E-state index in [0.29, 0.717) is 11.8 Å². The third kappa shape index (κ3) is 2.71. The van der Waals surface area contributed by atoms with Gasteiger partial charge in [-0.2, -0.15) is 0 Å². The summed E-state index contributed by atoms with van der Waals surface area (Å²) in [5.74, 6) is 1.54. The van der Waals surface area contributed by atoms with Crippen LogP contribution in [0.1, 0.15) is 33.1 Å². The van der Waals surface area contributed by atoms with Gasteiger partial charge in [-0.05, 0) is 31.1 Å². The second-order valence-corrected chi connectivity index (χ2v) is 5.33. The fourth-order valence-corrected chi connectivity index (χ4v) is 2.69. The quantitative estimate of drug-likeness (QED) is 0.705. The van der Waals surface area contributed by atoms with Crippen LogP contribution in [0.3, 0.4) is 0 Å². The van der Waals surface area contributed by atoms with Crippen molar-refractivity contribution in [2.24, 2.45) is 17.8 Å². The van der Waals surface area contributed by atoms with Gasteiger partial charge in [0.05, 0.1) is 5.92 Å². The number of ether oxygens (including phenoxy) is 1. The van der Waals surface area contributed by atoms with E-state index in [1.54, 1.807) is 0 Å². The third-order valence-electron chi connectivity index (χ3n) is 3.53. The monoisotopic (exact) mass is 211 g/mol. The summed E-state index contributed by atoms with van der Waals surface area (Å²) in [4.78, 5) is 11.6. The zero-order valence-corrected chi connectivity index (χ0v) is 9.66. The zero-order valence-electron chi connectivity index (χ0n) is 9.66. The molecule has 1 saturated carbocycles. The molecule has 3 nitrogen and oxygen atoms in total. The largest absolute Gasteiger partial charge is 0.462 e. The zero-order chi connectivity index (χ0) is 10.8. The highest BCUT2D eigenvalue weighted by atomic mass is 16.5. The minimum absolute atomic E-state index is 0.0139. The van der Waals surface area contributed by atoms with Gasteiger partial charge in [-0.15, -0.1) is 0 Å².